The first-order valence-corrected chi connectivity index (χ1v) is 7.86. The van der Waals surface area contributed by atoms with Crippen LogP contribution in [0.3, 0.4) is 0 Å². The average Bonchev–Trinajstić information content (AvgIpc) is 3.22. The van der Waals surface area contributed by atoms with E-state index in [4.69, 9.17) is 16.0 Å². The number of hydrogen-bond acceptors (Lipinski definition) is 7. The lowest BCUT2D eigenvalue weighted by Gasteiger charge is -1.99. The van der Waals surface area contributed by atoms with Crippen LogP contribution in [0.15, 0.2) is 40.8 Å². The molecule has 1 aromatic carbocycles. The maximum absolute atomic E-state index is 11.3. The number of aromatic nitrogens is 2. The summed E-state index contributed by atoms with van der Waals surface area (Å²) in [6.07, 6.45) is 0. The molecular formula is C15H12ClN3O3S. The fourth-order valence-electron chi connectivity index (χ4n) is 1.88. The molecule has 2 heterocycles. The number of methoxy groups -OCH3 is 1. The number of carbonyl (C=O) groups excluding carboxylic acids is 1. The van der Waals surface area contributed by atoms with Gasteiger partial charge in [-0.3, -0.25) is 0 Å². The summed E-state index contributed by atoms with van der Waals surface area (Å²) in [6.45, 7) is 0.383. The molecule has 6 nitrogen and oxygen atoms in total. The number of rotatable bonds is 5. The number of nitrogens with one attached hydrogen (secondary N) is 1. The lowest BCUT2D eigenvalue weighted by molar-refractivity contribution is 0.0563. The van der Waals surface area contributed by atoms with Crippen LogP contribution in [0, 0.1) is 0 Å². The van der Waals surface area contributed by atoms with Crippen LogP contribution in [-0.2, 0) is 11.3 Å². The predicted octanol–water partition coefficient (Wildman–Crippen LogP) is 3.85. The molecule has 0 aliphatic heterocycles. The molecule has 1 N–H and O–H groups in total. The van der Waals surface area contributed by atoms with Gasteiger partial charge >= 0.3 is 5.97 Å². The Balaban J connectivity index is 1.67. The molecule has 0 unspecified atom stereocenters. The van der Waals surface area contributed by atoms with Crippen molar-refractivity contribution in [3.05, 3.63) is 52.9 Å². The van der Waals surface area contributed by atoms with E-state index in [-0.39, 0.29) is 5.76 Å². The minimum absolute atomic E-state index is 0.165. The Hall–Kier alpha value is -2.38. The highest BCUT2D eigenvalue weighted by Crippen LogP contribution is 2.31. The highest BCUT2D eigenvalue weighted by molar-refractivity contribution is 7.18. The zero-order valence-electron chi connectivity index (χ0n) is 12.1. The Morgan fingerprint density at radius 2 is 2.13 bits per heavy atom. The van der Waals surface area contributed by atoms with Gasteiger partial charge in [-0.05, 0) is 18.2 Å². The van der Waals surface area contributed by atoms with Crippen molar-refractivity contribution in [3.63, 3.8) is 0 Å². The lowest BCUT2D eigenvalue weighted by atomic mass is 10.2. The quantitative estimate of drug-likeness (QED) is 0.705. The first kappa shape index (κ1) is 15.5. The molecule has 0 saturated heterocycles. The number of anilines is 1. The second-order valence-corrected chi connectivity index (χ2v) is 5.89. The molecule has 0 aliphatic rings. The number of furan rings is 1. The summed E-state index contributed by atoms with van der Waals surface area (Å²) in [4.78, 5) is 11.3. The van der Waals surface area contributed by atoms with Crippen LogP contribution in [0.25, 0.3) is 10.6 Å². The fourth-order valence-corrected chi connectivity index (χ4v) is 2.94. The molecule has 3 aromatic rings. The van der Waals surface area contributed by atoms with Gasteiger partial charge < -0.3 is 14.5 Å². The number of carbonyl (C=O) groups is 1. The van der Waals surface area contributed by atoms with Gasteiger partial charge in [-0.15, -0.1) is 10.2 Å². The molecule has 0 bridgehead atoms. The van der Waals surface area contributed by atoms with E-state index < -0.39 is 5.97 Å². The lowest BCUT2D eigenvalue weighted by Crippen LogP contribution is -2.00. The van der Waals surface area contributed by atoms with E-state index >= 15 is 0 Å². The van der Waals surface area contributed by atoms with Gasteiger partial charge in [0.15, 0.2) is 5.01 Å². The van der Waals surface area contributed by atoms with E-state index in [9.17, 15) is 4.79 Å². The van der Waals surface area contributed by atoms with E-state index in [1.165, 1.54) is 18.4 Å². The molecule has 8 heteroatoms. The SMILES string of the molecule is COC(=O)c1ccc(CNc2nnc(-c3ccccc3Cl)s2)o1. The standard InChI is InChI=1S/C15H12ClN3O3S/c1-21-14(20)12-7-6-9(22-12)8-17-15-19-18-13(23-15)10-4-2-3-5-11(10)16/h2-7H,8H2,1H3,(H,17,19). The van der Waals surface area contributed by atoms with Crippen LogP contribution in [0.4, 0.5) is 5.13 Å². The van der Waals surface area contributed by atoms with Crippen molar-refractivity contribution in [2.75, 3.05) is 12.4 Å². The molecule has 0 spiro atoms. The van der Waals surface area contributed by atoms with Crippen molar-refractivity contribution in [3.8, 4) is 10.6 Å². The summed E-state index contributed by atoms with van der Waals surface area (Å²) >= 11 is 7.53. The molecule has 23 heavy (non-hydrogen) atoms. The van der Waals surface area contributed by atoms with E-state index in [1.807, 2.05) is 24.3 Å². The van der Waals surface area contributed by atoms with Crippen LogP contribution in [0.2, 0.25) is 5.02 Å². The van der Waals surface area contributed by atoms with Crippen LogP contribution < -0.4 is 5.32 Å². The Morgan fingerprint density at radius 1 is 1.30 bits per heavy atom. The van der Waals surface area contributed by atoms with Crippen molar-refractivity contribution in [1.29, 1.82) is 0 Å². The summed E-state index contributed by atoms with van der Waals surface area (Å²) in [5.41, 5.74) is 0.839. The maximum Gasteiger partial charge on any atom is 0.373 e. The normalized spacial score (nSPS) is 10.5. The Kier molecular flexibility index (Phi) is 4.59. The summed E-state index contributed by atoms with van der Waals surface area (Å²) in [5, 5.41) is 13.3. The monoisotopic (exact) mass is 349 g/mol. The van der Waals surface area contributed by atoms with Crippen LogP contribution in [0.1, 0.15) is 16.3 Å². The third-order valence-corrected chi connectivity index (χ3v) is 4.24. The van der Waals surface area contributed by atoms with Crippen molar-refractivity contribution in [2.45, 2.75) is 6.54 Å². The largest absolute Gasteiger partial charge is 0.463 e. The second-order valence-electron chi connectivity index (χ2n) is 4.50. The number of esters is 1. The molecule has 118 valence electrons. The van der Waals surface area contributed by atoms with Gasteiger partial charge in [0.05, 0.1) is 18.7 Å². The molecule has 0 atom stereocenters. The fraction of sp³-hybridized carbons (Fsp3) is 0.133. The minimum Gasteiger partial charge on any atom is -0.463 e. The highest BCUT2D eigenvalue weighted by atomic mass is 35.5. The molecule has 0 fully saturated rings. The Morgan fingerprint density at radius 3 is 2.91 bits per heavy atom. The van der Waals surface area contributed by atoms with Crippen LogP contribution in [0.5, 0.6) is 0 Å². The molecule has 0 amide bonds. The van der Waals surface area contributed by atoms with Crippen molar-refractivity contribution in [2.24, 2.45) is 0 Å². The van der Waals surface area contributed by atoms with Gasteiger partial charge in [-0.1, -0.05) is 41.1 Å². The van der Waals surface area contributed by atoms with Gasteiger partial charge in [0.1, 0.15) is 5.76 Å². The molecule has 3 rings (SSSR count). The van der Waals surface area contributed by atoms with Gasteiger partial charge in [0, 0.05) is 5.56 Å². The minimum atomic E-state index is -0.506. The number of hydrogen-bond donors (Lipinski definition) is 1. The topological polar surface area (TPSA) is 77.2 Å². The Labute approximate surface area is 141 Å². The average molecular weight is 350 g/mol. The molecule has 0 saturated carbocycles. The number of halogens is 1. The first-order valence-electron chi connectivity index (χ1n) is 6.66. The van der Waals surface area contributed by atoms with E-state index in [0.717, 1.165) is 10.6 Å². The number of ether oxygens (including phenoxy) is 1. The summed E-state index contributed by atoms with van der Waals surface area (Å²) < 4.78 is 9.96. The van der Waals surface area contributed by atoms with Gasteiger partial charge in [0.25, 0.3) is 0 Å². The van der Waals surface area contributed by atoms with E-state index in [2.05, 4.69) is 20.3 Å². The predicted molar refractivity (Wildman–Crippen MR) is 87.7 cm³/mol. The number of nitrogens with zero attached hydrogens (tertiary/aromatic N) is 2. The maximum atomic E-state index is 11.3. The molecule has 2 aromatic heterocycles. The highest BCUT2D eigenvalue weighted by Gasteiger charge is 2.12. The third-order valence-electron chi connectivity index (χ3n) is 2.99. The Bertz CT molecular complexity index is 831. The van der Waals surface area contributed by atoms with Crippen LogP contribution >= 0.6 is 22.9 Å². The van der Waals surface area contributed by atoms with E-state index in [1.54, 1.807) is 12.1 Å². The molecule has 0 radical (unpaired) electrons. The number of benzene rings is 1. The second kappa shape index (κ2) is 6.80. The molecule has 0 aliphatic carbocycles. The molecular weight excluding hydrogens is 338 g/mol. The summed E-state index contributed by atoms with van der Waals surface area (Å²) in [7, 11) is 1.31. The third kappa shape index (κ3) is 3.52. The summed E-state index contributed by atoms with van der Waals surface area (Å²) in [6, 6.07) is 10.7. The van der Waals surface area contributed by atoms with E-state index in [0.29, 0.717) is 22.5 Å². The van der Waals surface area contributed by atoms with Crippen molar-refractivity contribution in [1.82, 2.24) is 10.2 Å². The van der Waals surface area contributed by atoms with Gasteiger partial charge in [-0.2, -0.15) is 0 Å². The van der Waals surface area contributed by atoms with Crippen molar-refractivity contribution < 1.29 is 13.9 Å². The zero-order valence-corrected chi connectivity index (χ0v) is 13.6. The van der Waals surface area contributed by atoms with Crippen LogP contribution in [-0.4, -0.2) is 23.3 Å². The van der Waals surface area contributed by atoms with Gasteiger partial charge in [0.2, 0.25) is 10.9 Å². The van der Waals surface area contributed by atoms with Crippen molar-refractivity contribution >= 4 is 34.0 Å². The first-order chi connectivity index (χ1) is 11.2. The summed E-state index contributed by atoms with van der Waals surface area (Å²) in [5.74, 6) is 0.256. The zero-order chi connectivity index (χ0) is 16.2. The van der Waals surface area contributed by atoms with Gasteiger partial charge in [-0.25, -0.2) is 4.79 Å². The smallest absolute Gasteiger partial charge is 0.373 e.